The summed E-state index contributed by atoms with van der Waals surface area (Å²) in [5.74, 6) is 0.432. The lowest BCUT2D eigenvalue weighted by Gasteiger charge is -2.40. The van der Waals surface area contributed by atoms with Crippen molar-refractivity contribution in [2.24, 2.45) is 4.99 Å². The Balaban J connectivity index is 1.68. The molecule has 1 fully saturated rings. The Bertz CT molecular complexity index is 847. The summed E-state index contributed by atoms with van der Waals surface area (Å²) in [6.07, 6.45) is 1.40. The molecule has 27 heavy (non-hydrogen) atoms. The first-order chi connectivity index (χ1) is 12.9. The van der Waals surface area contributed by atoms with Gasteiger partial charge in [0.15, 0.2) is 12.2 Å². The molecule has 4 rings (SSSR count). The maximum absolute atomic E-state index is 13.1. The Labute approximate surface area is 158 Å². The molecular formula is C19H23N5O3. The molecule has 8 nitrogen and oxygen atoms in total. The second kappa shape index (κ2) is 6.38. The van der Waals surface area contributed by atoms with Gasteiger partial charge in [-0.3, -0.25) is 14.6 Å². The number of benzene rings is 1. The van der Waals surface area contributed by atoms with E-state index < -0.39 is 12.2 Å². The van der Waals surface area contributed by atoms with Gasteiger partial charge in [0.25, 0.3) is 5.91 Å². The van der Waals surface area contributed by atoms with Crippen molar-refractivity contribution in [3.05, 3.63) is 41.7 Å². The third-order valence-electron chi connectivity index (χ3n) is 5.20. The van der Waals surface area contributed by atoms with Crippen LogP contribution in [-0.4, -0.2) is 72.1 Å². The summed E-state index contributed by atoms with van der Waals surface area (Å²) in [5, 5.41) is 0. The predicted molar refractivity (Wildman–Crippen MR) is 101 cm³/mol. The van der Waals surface area contributed by atoms with Gasteiger partial charge in [-0.25, -0.2) is 9.79 Å². The van der Waals surface area contributed by atoms with E-state index in [1.807, 2.05) is 54.1 Å². The molecule has 3 amide bonds. The summed E-state index contributed by atoms with van der Waals surface area (Å²) in [5.41, 5.74) is 3.13. The number of anilines is 1. The first-order valence-electron chi connectivity index (χ1n) is 8.92. The molecule has 0 aliphatic carbocycles. The number of amides is 3. The van der Waals surface area contributed by atoms with E-state index in [1.165, 1.54) is 15.4 Å². The van der Waals surface area contributed by atoms with Crippen molar-refractivity contribution in [1.82, 2.24) is 14.7 Å². The summed E-state index contributed by atoms with van der Waals surface area (Å²) >= 11 is 0. The highest BCUT2D eigenvalue weighted by atomic mass is 16.5. The monoisotopic (exact) mass is 369 g/mol. The molecule has 3 heterocycles. The van der Waals surface area contributed by atoms with Gasteiger partial charge in [0.1, 0.15) is 0 Å². The number of nitrogens with zero attached hydrogens (tertiary/aromatic N) is 5. The van der Waals surface area contributed by atoms with Crippen molar-refractivity contribution in [2.45, 2.75) is 26.1 Å². The number of guanidine groups is 1. The molecule has 1 aromatic carbocycles. The quantitative estimate of drug-likeness (QED) is 0.806. The van der Waals surface area contributed by atoms with Crippen LogP contribution >= 0.6 is 0 Å². The molecule has 0 saturated carbocycles. The maximum atomic E-state index is 13.1. The summed E-state index contributed by atoms with van der Waals surface area (Å²) in [4.78, 5) is 37.1. The van der Waals surface area contributed by atoms with Crippen LogP contribution in [0.2, 0.25) is 0 Å². The molecule has 1 saturated heterocycles. The van der Waals surface area contributed by atoms with Crippen LogP contribution in [0.4, 0.5) is 10.5 Å². The van der Waals surface area contributed by atoms with Gasteiger partial charge in [-0.1, -0.05) is 17.7 Å². The van der Waals surface area contributed by atoms with Crippen LogP contribution in [0.25, 0.3) is 0 Å². The number of hydrogen-bond acceptors (Lipinski definition) is 6. The fourth-order valence-electron chi connectivity index (χ4n) is 3.76. The molecule has 142 valence electrons. The molecular weight excluding hydrogens is 346 g/mol. The van der Waals surface area contributed by atoms with Gasteiger partial charge in [-0.05, 0) is 26.0 Å². The van der Waals surface area contributed by atoms with Crippen LogP contribution in [0.15, 0.2) is 41.2 Å². The number of allylic oxidation sites excluding steroid dienone is 1. The van der Waals surface area contributed by atoms with Crippen LogP contribution in [0.3, 0.4) is 0 Å². The lowest BCUT2D eigenvalue weighted by atomic mass is 10.1. The minimum absolute atomic E-state index is 0.231. The second-order valence-electron chi connectivity index (χ2n) is 7.01. The summed E-state index contributed by atoms with van der Waals surface area (Å²) in [6.45, 7) is 4.56. The van der Waals surface area contributed by atoms with Crippen LogP contribution in [0, 0.1) is 6.92 Å². The highest BCUT2D eigenvalue weighted by Crippen LogP contribution is 2.36. The number of aryl methyl sites for hydroxylation is 1. The van der Waals surface area contributed by atoms with Crippen LogP contribution in [0.1, 0.15) is 12.5 Å². The molecule has 2 unspecified atom stereocenters. The van der Waals surface area contributed by atoms with Gasteiger partial charge in [0.05, 0.1) is 13.2 Å². The van der Waals surface area contributed by atoms with E-state index in [1.54, 1.807) is 14.2 Å². The number of carbonyl (C=O) groups is 2. The minimum atomic E-state index is -0.551. The van der Waals surface area contributed by atoms with Crippen molar-refractivity contribution < 1.29 is 14.3 Å². The molecule has 8 heteroatoms. The van der Waals surface area contributed by atoms with Gasteiger partial charge in [0.2, 0.25) is 5.96 Å². The first kappa shape index (κ1) is 17.5. The molecule has 0 N–H and O–H groups in total. The minimum Gasteiger partial charge on any atom is -0.383 e. The van der Waals surface area contributed by atoms with Crippen molar-refractivity contribution in [3.63, 3.8) is 0 Å². The zero-order valence-electron chi connectivity index (χ0n) is 15.9. The van der Waals surface area contributed by atoms with E-state index in [-0.39, 0.29) is 18.5 Å². The highest BCUT2D eigenvalue weighted by molar-refractivity contribution is 6.09. The van der Waals surface area contributed by atoms with E-state index in [2.05, 4.69) is 0 Å². The van der Waals surface area contributed by atoms with E-state index in [4.69, 9.17) is 9.73 Å². The number of fused-ring (bicyclic) bond motifs is 3. The van der Waals surface area contributed by atoms with Crippen molar-refractivity contribution >= 4 is 23.6 Å². The van der Waals surface area contributed by atoms with Crippen molar-refractivity contribution in [1.29, 1.82) is 0 Å². The third kappa shape index (κ3) is 2.59. The van der Waals surface area contributed by atoms with Crippen molar-refractivity contribution in [2.75, 3.05) is 32.2 Å². The van der Waals surface area contributed by atoms with Crippen LogP contribution in [-0.2, 0) is 9.53 Å². The van der Waals surface area contributed by atoms with E-state index in [9.17, 15) is 9.59 Å². The number of methoxy groups -OCH3 is 1. The summed E-state index contributed by atoms with van der Waals surface area (Å²) in [6, 6.07) is 7.25. The molecule has 2 atom stereocenters. The van der Waals surface area contributed by atoms with Gasteiger partial charge in [-0.2, -0.15) is 0 Å². The first-order valence-corrected chi connectivity index (χ1v) is 8.92. The average molecular weight is 369 g/mol. The molecule has 0 bridgehead atoms. The molecule has 1 aromatic rings. The SMILES string of the molecule is COCCN1C(=O)C2C(N=C3N(c4ccc(C)cc4)C(C)=CN32)N(C)C1=O. The largest absolute Gasteiger partial charge is 0.383 e. The Morgan fingerprint density at radius 1 is 1.15 bits per heavy atom. The number of ether oxygens (including phenoxy) is 1. The van der Waals surface area contributed by atoms with Crippen LogP contribution < -0.4 is 4.90 Å². The average Bonchev–Trinajstić information content (AvgIpc) is 3.15. The van der Waals surface area contributed by atoms with Gasteiger partial charge >= 0.3 is 6.03 Å². The molecule has 0 radical (unpaired) electrons. The second-order valence-corrected chi connectivity index (χ2v) is 7.01. The molecule has 3 aliphatic heterocycles. The van der Waals surface area contributed by atoms with E-state index in [0.717, 1.165) is 11.4 Å². The smallest absolute Gasteiger partial charge is 0.328 e. The maximum Gasteiger partial charge on any atom is 0.328 e. The fourth-order valence-corrected chi connectivity index (χ4v) is 3.76. The number of urea groups is 1. The number of likely N-dealkylation sites (N-methyl/N-ethyl adjacent to an activating group) is 1. The number of hydrogen-bond donors (Lipinski definition) is 0. The van der Waals surface area contributed by atoms with Gasteiger partial charge in [0, 0.05) is 31.7 Å². The lowest BCUT2D eigenvalue weighted by molar-refractivity contribution is -0.137. The zero-order valence-corrected chi connectivity index (χ0v) is 15.9. The summed E-state index contributed by atoms with van der Waals surface area (Å²) < 4.78 is 5.05. The van der Waals surface area contributed by atoms with Crippen molar-refractivity contribution in [3.8, 4) is 0 Å². The number of rotatable bonds is 4. The topological polar surface area (TPSA) is 68.7 Å². The number of carbonyl (C=O) groups excluding carboxylic acids is 2. The Hall–Kier alpha value is -2.87. The Morgan fingerprint density at radius 2 is 1.85 bits per heavy atom. The van der Waals surface area contributed by atoms with E-state index in [0.29, 0.717) is 12.6 Å². The Kier molecular flexibility index (Phi) is 4.15. The fraction of sp³-hybridized carbons (Fsp3) is 0.421. The molecule has 0 spiro atoms. The zero-order chi connectivity index (χ0) is 19.3. The molecule has 0 aromatic heterocycles. The normalized spacial score (nSPS) is 24.3. The van der Waals surface area contributed by atoms with Crippen LogP contribution in [0.5, 0.6) is 0 Å². The molecule has 3 aliphatic rings. The summed E-state index contributed by atoms with van der Waals surface area (Å²) in [7, 11) is 3.24. The third-order valence-corrected chi connectivity index (χ3v) is 5.20. The Morgan fingerprint density at radius 3 is 2.52 bits per heavy atom. The van der Waals surface area contributed by atoms with E-state index >= 15 is 0 Å². The predicted octanol–water partition coefficient (Wildman–Crippen LogP) is 1.58. The van der Waals surface area contributed by atoms with Gasteiger partial charge in [-0.15, -0.1) is 0 Å². The standard InChI is InChI=1S/C19H23N5O3/c1-12-5-7-14(8-6-12)24-13(2)11-23-15-16(20-18(23)24)21(3)19(26)22(17(15)25)9-10-27-4/h5-8,11,15-16H,9-10H2,1-4H3. The van der Waals surface area contributed by atoms with Gasteiger partial charge < -0.3 is 14.5 Å². The lowest BCUT2D eigenvalue weighted by Crippen LogP contribution is -2.64. The number of imide groups is 1. The highest BCUT2D eigenvalue weighted by Gasteiger charge is 2.54. The number of aliphatic imine (C=N–C) groups is 1.